The lowest BCUT2D eigenvalue weighted by molar-refractivity contribution is 0.0781. The second-order valence-corrected chi connectivity index (χ2v) is 6.19. The van der Waals surface area contributed by atoms with Gasteiger partial charge in [-0.05, 0) is 23.8 Å². The Morgan fingerprint density at radius 2 is 2.14 bits per heavy atom. The highest BCUT2D eigenvalue weighted by Gasteiger charge is 2.19. The van der Waals surface area contributed by atoms with E-state index in [1.165, 1.54) is 0 Å². The predicted molar refractivity (Wildman–Crippen MR) is 88.0 cm³/mol. The van der Waals surface area contributed by atoms with Crippen molar-refractivity contribution in [3.8, 4) is 5.88 Å². The fourth-order valence-corrected chi connectivity index (χ4v) is 3.22. The normalized spacial score (nSPS) is 14.6. The average molecular weight is 314 g/mol. The molecule has 0 atom stereocenters. The highest BCUT2D eigenvalue weighted by atomic mass is 32.2. The molecule has 0 unspecified atom stereocenters. The molecule has 0 saturated carbocycles. The number of benzene rings is 1. The topological polar surface area (TPSA) is 42.4 Å². The van der Waals surface area contributed by atoms with Gasteiger partial charge in [0.25, 0.3) is 5.91 Å². The number of amides is 1. The average Bonchev–Trinajstić information content (AvgIpc) is 2.61. The minimum Gasteiger partial charge on any atom is -0.473 e. The van der Waals surface area contributed by atoms with E-state index >= 15 is 0 Å². The minimum atomic E-state index is 0.0548. The van der Waals surface area contributed by atoms with Crippen LogP contribution in [0, 0.1) is 0 Å². The fraction of sp³-hybridized carbons (Fsp3) is 0.294. The summed E-state index contributed by atoms with van der Waals surface area (Å²) in [5.74, 6) is 2.44. The number of carbonyl (C=O) groups is 1. The molecule has 0 aliphatic carbocycles. The molecule has 114 valence electrons. The van der Waals surface area contributed by atoms with Gasteiger partial charge in [0.05, 0.1) is 5.88 Å². The number of carbonyl (C=O) groups excluding carboxylic acids is 1. The third-order valence-electron chi connectivity index (χ3n) is 3.46. The summed E-state index contributed by atoms with van der Waals surface area (Å²) >= 11 is 1.80. The maximum atomic E-state index is 12.5. The Bertz CT molecular complexity index is 628. The standard InChI is InChI=1S/C17H18N2O2S/c20-17(19-9-4-10-22-13-19)15-7-8-18-16(11-15)21-12-14-5-2-1-3-6-14/h1-3,5-8,11H,4,9-10,12-13H2. The molecule has 3 rings (SSSR count). The van der Waals surface area contributed by atoms with E-state index in [-0.39, 0.29) is 5.91 Å². The van der Waals surface area contributed by atoms with Gasteiger partial charge in [-0.15, -0.1) is 11.8 Å². The SMILES string of the molecule is O=C(c1ccnc(OCc2ccccc2)c1)N1CCCSC1. The molecule has 0 bridgehead atoms. The quantitative estimate of drug-likeness (QED) is 0.869. The zero-order valence-corrected chi connectivity index (χ0v) is 13.1. The molecule has 1 amide bonds. The van der Waals surface area contributed by atoms with Crippen LogP contribution in [0.1, 0.15) is 22.3 Å². The van der Waals surface area contributed by atoms with E-state index in [1.807, 2.05) is 35.2 Å². The summed E-state index contributed by atoms with van der Waals surface area (Å²) in [7, 11) is 0. The Hall–Kier alpha value is -2.01. The Morgan fingerprint density at radius 3 is 2.91 bits per heavy atom. The van der Waals surface area contributed by atoms with Crippen LogP contribution in [-0.2, 0) is 6.61 Å². The van der Waals surface area contributed by atoms with Crippen molar-refractivity contribution in [1.29, 1.82) is 0 Å². The highest BCUT2D eigenvalue weighted by Crippen LogP contribution is 2.18. The van der Waals surface area contributed by atoms with E-state index in [4.69, 9.17) is 4.74 Å². The van der Waals surface area contributed by atoms with Crippen LogP contribution in [-0.4, -0.2) is 34.0 Å². The van der Waals surface area contributed by atoms with Gasteiger partial charge in [0, 0.05) is 24.4 Å². The van der Waals surface area contributed by atoms with Gasteiger partial charge in [0.2, 0.25) is 5.88 Å². The maximum Gasteiger partial charge on any atom is 0.254 e. The molecule has 1 aromatic carbocycles. The van der Waals surface area contributed by atoms with Crippen LogP contribution in [0.25, 0.3) is 0 Å². The lowest BCUT2D eigenvalue weighted by atomic mass is 10.2. The third kappa shape index (κ3) is 3.80. The molecule has 5 heteroatoms. The zero-order chi connectivity index (χ0) is 15.2. The zero-order valence-electron chi connectivity index (χ0n) is 12.3. The van der Waals surface area contributed by atoms with Crippen molar-refractivity contribution < 1.29 is 9.53 Å². The van der Waals surface area contributed by atoms with Crippen LogP contribution in [0.3, 0.4) is 0 Å². The van der Waals surface area contributed by atoms with Crippen molar-refractivity contribution in [2.75, 3.05) is 18.2 Å². The van der Waals surface area contributed by atoms with Gasteiger partial charge in [0.15, 0.2) is 0 Å². The van der Waals surface area contributed by atoms with Gasteiger partial charge in [-0.1, -0.05) is 30.3 Å². The number of nitrogens with zero attached hydrogens (tertiary/aromatic N) is 2. The summed E-state index contributed by atoms with van der Waals surface area (Å²) in [4.78, 5) is 18.5. The van der Waals surface area contributed by atoms with E-state index in [9.17, 15) is 4.79 Å². The number of hydrogen-bond donors (Lipinski definition) is 0. The molecule has 0 spiro atoms. The number of aromatic nitrogens is 1. The van der Waals surface area contributed by atoms with E-state index in [2.05, 4.69) is 4.98 Å². The van der Waals surface area contributed by atoms with Crippen molar-refractivity contribution in [2.24, 2.45) is 0 Å². The van der Waals surface area contributed by atoms with Gasteiger partial charge < -0.3 is 9.64 Å². The first kappa shape index (κ1) is 14.9. The van der Waals surface area contributed by atoms with Crippen molar-refractivity contribution in [2.45, 2.75) is 13.0 Å². The van der Waals surface area contributed by atoms with E-state index < -0.39 is 0 Å². The van der Waals surface area contributed by atoms with Crippen LogP contribution in [0.4, 0.5) is 0 Å². The van der Waals surface area contributed by atoms with Crippen LogP contribution >= 0.6 is 11.8 Å². The lowest BCUT2D eigenvalue weighted by Crippen LogP contribution is -2.34. The predicted octanol–water partition coefficient (Wildman–Crippen LogP) is 3.20. The molecule has 1 aliphatic rings. The molecule has 2 heterocycles. The molecule has 0 radical (unpaired) electrons. The second-order valence-electron chi connectivity index (χ2n) is 5.12. The smallest absolute Gasteiger partial charge is 0.254 e. The summed E-state index contributed by atoms with van der Waals surface area (Å²) in [6.07, 6.45) is 2.68. The molecule has 4 nitrogen and oxygen atoms in total. The number of ether oxygens (including phenoxy) is 1. The Labute approximate surface area is 134 Å². The van der Waals surface area contributed by atoms with Crippen molar-refractivity contribution in [1.82, 2.24) is 9.88 Å². The molecule has 1 aliphatic heterocycles. The minimum absolute atomic E-state index is 0.0548. The van der Waals surface area contributed by atoms with E-state index in [0.29, 0.717) is 18.1 Å². The first-order valence-electron chi connectivity index (χ1n) is 7.33. The summed E-state index contributed by atoms with van der Waals surface area (Å²) in [5, 5.41) is 0. The molecular formula is C17H18N2O2S. The molecule has 1 fully saturated rings. The molecular weight excluding hydrogens is 296 g/mol. The van der Waals surface area contributed by atoms with Crippen LogP contribution < -0.4 is 4.74 Å². The van der Waals surface area contributed by atoms with Gasteiger partial charge in [0.1, 0.15) is 6.61 Å². The van der Waals surface area contributed by atoms with Crippen molar-refractivity contribution in [3.63, 3.8) is 0 Å². The summed E-state index contributed by atoms with van der Waals surface area (Å²) in [6.45, 7) is 1.28. The number of rotatable bonds is 4. The van der Waals surface area contributed by atoms with Crippen molar-refractivity contribution >= 4 is 17.7 Å². The van der Waals surface area contributed by atoms with Gasteiger partial charge in [-0.2, -0.15) is 0 Å². The molecule has 2 aromatic rings. The Morgan fingerprint density at radius 1 is 1.27 bits per heavy atom. The first-order valence-corrected chi connectivity index (χ1v) is 8.48. The number of hydrogen-bond acceptors (Lipinski definition) is 4. The summed E-state index contributed by atoms with van der Waals surface area (Å²) in [6, 6.07) is 13.4. The monoisotopic (exact) mass is 314 g/mol. The molecule has 0 N–H and O–H groups in total. The molecule has 22 heavy (non-hydrogen) atoms. The molecule has 1 aromatic heterocycles. The molecule has 1 saturated heterocycles. The van der Waals surface area contributed by atoms with Gasteiger partial charge in [-0.3, -0.25) is 4.79 Å². The number of thioether (sulfide) groups is 1. The highest BCUT2D eigenvalue weighted by molar-refractivity contribution is 7.99. The third-order valence-corrected chi connectivity index (χ3v) is 4.53. The van der Waals surface area contributed by atoms with Gasteiger partial charge in [-0.25, -0.2) is 4.98 Å². The van der Waals surface area contributed by atoms with E-state index in [1.54, 1.807) is 30.1 Å². The van der Waals surface area contributed by atoms with Crippen LogP contribution in [0.5, 0.6) is 5.88 Å². The van der Waals surface area contributed by atoms with E-state index in [0.717, 1.165) is 30.2 Å². The summed E-state index contributed by atoms with van der Waals surface area (Å²) < 4.78 is 5.68. The lowest BCUT2D eigenvalue weighted by Gasteiger charge is -2.26. The first-order chi connectivity index (χ1) is 10.8. The largest absolute Gasteiger partial charge is 0.473 e. The summed E-state index contributed by atoms with van der Waals surface area (Å²) in [5.41, 5.74) is 1.72. The Kier molecular flexibility index (Phi) is 4.96. The second kappa shape index (κ2) is 7.31. The maximum absolute atomic E-state index is 12.5. The van der Waals surface area contributed by atoms with Crippen molar-refractivity contribution in [3.05, 3.63) is 59.8 Å². The van der Waals surface area contributed by atoms with Crippen LogP contribution in [0.2, 0.25) is 0 Å². The van der Waals surface area contributed by atoms with Crippen LogP contribution in [0.15, 0.2) is 48.7 Å². The Balaban J connectivity index is 1.65. The number of pyridine rings is 1. The van der Waals surface area contributed by atoms with Gasteiger partial charge >= 0.3 is 0 Å². The fourth-order valence-electron chi connectivity index (χ4n) is 2.29.